The average molecular weight is 326 g/mol. The van der Waals surface area contributed by atoms with Crippen LogP contribution in [0.2, 0.25) is 0 Å². The first-order chi connectivity index (χ1) is 11.6. The summed E-state index contributed by atoms with van der Waals surface area (Å²) in [4.78, 5) is 23.9. The Balaban J connectivity index is 1.58. The van der Waals surface area contributed by atoms with Gasteiger partial charge in [-0.2, -0.15) is 5.26 Å². The van der Waals surface area contributed by atoms with Crippen molar-refractivity contribution < 1.29 is 9.18 Å². The molecule has 7 nitrogen and oxygen atoms in total. The molecule has 1 N–H and O–H groups in total. The highest BCUT2D eigenvalue weighted by Gasteiger charge is 2.34. The van der Waals surface area contributed by atoms with Gasteiger partial charge < -0.3 is 15.1 Å². The molecule has 0 atom stereocenters. The molecule has 1 aromatic carbocycles. The number of benzene rings is 1. The van der Waals surface area contributed by atoms with Crippen LogP contribution >= 0.6 is 0 Å². The van der Waals surface area contributed by atoms with E-state index >= 15 is 0 Å². The number of carbonyl (C=O) groups is 1. The van der Waals surface area contributed by atoms with Gasteiger partial charge in [0.1, 0.15) is 11.9 Å². The molecule has 0 bridgehead atoms. The Kier molecular flexibility index (Phi) is 4.24. The smallest absolute Gasteiger partial charge is 0.321 e. The molecule has 8 heteroatoms. The van der Waals surface area contributed by atoms with Crippen LogP contribution in [0.4, 0.5) is 20.7 Å². The Hall–Kier alpha value is -3.21. The van der Waals surface area contributed by atoms with Crippen molar-refractivity contribution in [3.8, 4) is 6.07 Å². The second kappa shape index (κ2) is 6.50. The van der Waals surface area contributed by atoms with Gasteiger partial charge in [0, 0.05) is 38.2 Å². The van der Waals surface area contributed by atoms with Gasteiger partial charge in [-0.1, -0.05) is 0 Å². The van der Waals surface area contributed by atoms with Crippen molar-refractivity contribution in [1.29, 1.82) is 5.26 Å². The molecule has 0 unspecified atom stereocenters. The van der Waals surface area contributed by atoms with E-state index in [4.69, 9.17) is 5.26 Å². The predicted molar refractivity (Wildman–Crippen MR) is 85.9 cm³/mol. The Bertz CT molecular complexity index is 782. The van der Waals surface area contributed by atoms with Gasteiger partial charge in [-0.15, -0.1) is 0 Å². The van der Waals surface area contributed by atoms with E-state index in [2.05, 4.69) is 15.3 Å². The summed E-state index contributed by atoms with van der Waals surface area (Å²) < 4.78 is 12.9. The number of nitriles is 1. The standard InChI is InChI=1S/C16H15FN6O/c1-22(16(24)21-12-4-2-11(17)3-5-12)13-9-23(10-13)15-14(8-18)19-6-7-20-15/h2-7,13H,9-10H2,1H3,(H,21,24). The zero-order valence-electron chi connectivity index (χ0n) is 13.0. The number of amides is 2. The number of nitrogens with zero attached hydrogens (tertiary/aromatic N) is 5. The van der Waals surface area contributed by atoms with Crippen LogP contribution in [0.5, 0.6) is 0 Å². The first-order valence-corrected chi connectivity index (χ1v) is 7.34. The van der Waals surface area contributed by atoms with Crippen molar-refractivity contribution >= 4 is 17.5 Å². The van der Waals surface area contributed by atoms with Gasteiger partial charge in [0.15, 0.2) is 11.5 Å². The number of urea groups is 1. The average Bonchev–Trinajstić information content (AvgIpc) is 2.56. The zero-order valence-corrected chi connectivity index (χ0v) is 13.0. The van der Waals surface area contributed by atoms with Crippen LogP contribution in [0, 0.1) is 17.1 Å². The second-order valence-electron chi connectivity index (χ2n) is 5.45. The lowest BCUT2D eigenvalue weighted by Crippen LogP contribution is -2.61. The molecule has 2 amide bonds. The minimum Gasteiger partial charge on any atom is -0.350 e. The molecule has 24 heavy (non-hydrogen) atoms. The highest BCUT2D eigenvalue weighted by molar-refractivity contribution is 5.89. The topological polar surface area (TPSA) is 85.2 Å². The van der Waals surface area contributed by atoms with E-state index in [1.54, 1.807) is 11.9 Å². The van der Waals surface area contributed by atoms with Crippen LogP contribution < -0.4 is 10.2 Å². The van der Waals surface area contributed by atoms with Gasteiger partial charge in [-0.05, 0) is 24.3 Å². The third kappa shape index (κ3) is 3.10. The molecule has 2 heterocycles. The first kappa shape index (κ1) is 15.7. The quantitative estimate of drug-likeness (QED) is 0.930. The largest absolute Gasteiger partial charge is 0.350 e. The number of anilines is 2. The van der Waals surface area contributed by atoms with E-state index in [-0.39, 0.29) is 23.6 Å². The van der Waals surface area contributed by atoms with Crippen molar-refractivity contribution in [2.24, 2.45) is 0 Å². The van der Waals surface area contributed by atoms with Crippen molar-refractivity contribution in [3.63, 3.8) is 0 Å². The van der Waals surface area contributed by atoms with Gasteiger partial charge in [0.05, 0.1) is 6.04 Å². The molecule has 3 rings (SSSR count). The Morgan fingerprint density at radius 3 is 2.67 bits per heavy atom. The molecule has 1 aliphatic rings. The maximum atomic E-state index is 12.9. The predicted octanol–water partition coefficient (Wildman–Crippen LogP) is 1.84. The van der Waals surface area contributed by atoms with Gasteiger partial charge >= 0.3 is 6.03 Å². The minimum absolute atomic E-state index is 0.000928. The highest BCUT2D eigenvalue weighted by atomic mass is 19.1. The number of hydrogen-bond acceptors (Lipinski definition) is 5. The molecule has 0 radical (unpaired) electrons. The SMILES string of the molecule is CN(C(=O)Nc1ccc(F)cc1)C1CN(c2nccnc2C#N)C1. The van der Waals surface area contributed by atoms with E-state index in [1.165, 1.54) is 36.7 Å². The van der Waals surface area contributed by atoms with E-state index < -0.39 is 0 Å². The van der Waals surface area contributed by atoms with Crippen LogP contribution in [0.15, 0.2) is 36.7 Å². The number of rotatable bonds is 3. The van der Waals surface area contributed by atoms with Crippen molar-refractivity contribution in [2.75, 3.05) is 30.4 Å². The number of likely N-dealkylation sites (N-methyl/N-ethyl adjacent to an activating group) is 1. The zero-order chi connectivity index (χ0) is 17.1. The molecule has 1 saturated heterocycles. The van der Waals surface area contributed by atoms with Gasteiger partial charge in [0.25, 0.3) is 0 Å². The molecule has 0 aliphatic carbocycles. The molecule has 1 fully saturated rings. The fourth-order valence-corrected chi connectivity index (χ4v) is 2.42. The summed E-state index contributed by atoms with van der Waals surface area (Å²) in [6, 6.07) is 7.33. The van der Waals surface area contributed by atoms with Crippen LogP contribution in [-0.4, -0.2) is 47.1 Å². The lowest BCUT2D eigenvalue weighted by Gasteiger charge is -2.44. The third-order valence-electron chi connectivity index (χ3n) is 3.91. The van der Waals surface area contributed by atoms with E-state index in [9.17, 15) is 9.18 Å². The maximum Gasteiger partial charge on any atom is 0.321 e. The Morgan fingerprint density at radius 1 is 1.33 bits per heavy atom. The molecular weight excluding hydrogens is 311 g/mol. The van der Waals surface area contributed by atoms with E-state index in [0.29, 0.717) is 24.6 Å². The fourth-order valence-electron chi connectivity index (χ4n) is 2.42. The number of carbonyl (C=O) groups excluding carboxylic acids is 1. The molecule has 0 spiro atoms. The normalized spacial score (nSPS) is 13.8. The second-order valence-corrected chi connectivity index (χ2v) is 5.45. The third-order valence-corrected chi connectivity index (χ3v) is 3.91. The highest BCUT2D eigenvalue weighted by Crippen LogP contribution is 2.23. The first-order valence-electron chi connectivity index (χ1n) is 7.34. The van der Waals surface area contributed by atoms with E-state index in [1.807, 2.05) is 11.0 Å². The molecule has 1 aliphatic heterocycles. The molecule has 122 valence electrons. The molecule has 1 aromatic heterocycles. The summed E-state index contributed by atoms with van der Waals surface area (Å²) in [5.74, 6) is 0.178. The van der Waals surface area contributed by atoms with Crippen molar-refractivity contribution in [2.45, 2.75) is 6.04 Å². The van der Waals surface area contributed by atoms with Crippen LogP contribution in [-0.2, 0) is 0 Å². The van der Waals surface area contributed by atoms with E-state index in [0.717, 1.165) is 0 Å². The fraction of sp³-hybridized carbons (Fsp3) is 0.250. The van der Waals surface area contributed by atoms with Gasteiger partial charge in [-0.25, -0.2) is 19.2 Å². The van der Waals surface area contributed by atoms with Crippen LogP contribution in [0.25, 0.3) is 0 Å². The number of aromatic nitrogens is 2. The van der Waals surface area contributed by atoms with Crippen molar-refractivity contribution in [1.82, 2.24) is 14.9 Å². The lowest BCUT2D eigenvalue weighted by molar-refractivity contribution is 0.191. The van der Waals surface area contributed by atoms with Gasteiger partial charge in [-0.3, -0.25) is 0 Å². The lowest BCUT2D eigenvalue weighted by atomic mass is 10.1. The number of hydrogen-bond donors (Lipinski definition) is 1. The molecule has 0 saturated carbocycles. The number of nitrogens with one attached hydrogen (secondary N) is 1. The summed E-state index contributed by atoms with van der Waals surface area (Å²) >= 11 is 0. The monoisotopic (exact) mass is 326 g/mol. The molecule has 2 aromatic rings. The van der Waals surface area contributed by atoms with Crippen LogP contribution in [0.1, 0.15) is 5.69 Å². The van der Waals surface area contributed by atoms with Crippen molar-refractivity contribution in [3.05, 3.63) is 48.2 Å². The Labute approximate surface area is 138 Å². The van der Waals surface area contributed by atoms with Crippen LogP contribution in [0.3, 0.4) is 0 Å². The summed E-state index contributed by atoms with van der Waals surface area (Å²) in [5, 5.41) is 11.8. The maximum absolute atomic E-state index is 12.9. The molecular formula is C16H15FN6O. The summed E-state index contributed by atoms with van der Waals surface area (Å²) in [6.45, 7) is 1.14. The Morgan fingerprint density at radius 2 is 2.00 bits per heavy atom. The summed E-state index contributed by atoms with van der Waals surface area (Å²) in [5.41, 5.74) is 0.805. The summed E-state index contributed by atoms with van der Waals surface area (Å²) in [6.07, 6.45) is 3.01. The number of halogens is 1. The minimum atomic E-state index is -0.353. The van der Waals surface area contributed by atoms with Gasteiger partial charge in [0.2, 0.25) is 0 Å². The summed E-state index contributed by atoms with van der Waals surface area (Å²) in [7, 11) is 1.70.